The van der Waals surface area contributed by atoms with Crippen molar-refractivity contribution in [1.29, 1.82) is 0 Å². The molecule has 3 aromatic rings. The first-order valence-electron chi connectivity index (χ1n) is 13.2. The molecule has 0 amide bonds. The third kappa shape index (κ3) is 8.23. The van der Waals surface area contributed by atoms with Crippen molar-refractivity contribution in [1.82, 2.24) is 14.8 Å². The van der Waals surface area contributed by atoms with Gasteiger partial charge < -0.3 is 14.3 Å². The summed E-state index contributed by atoms with van der Waals surface area (Å²) >= 11 is 0. The third-order valence-electron chi connectivity index (χ3n) is 7.10. The lowest BCUT2D eigenvalue weighted by molar-refractivity contribution is -0.142. The van der Waals surface area contributed by atoms with E-state index >= 15 is 0 Å². The van der Waals surface area contributed by atoms with E-state index in [4.69, 9.17) is 0 Å². The van der Waals surface area contributed by atoms with Gasteiger partial charge in [0, 0.05) is 18.2 Å². The lowest BCUT2D eigenvalue weighted by Gasteiger charge is -2.30. The summed E-state index contributed by atoms with van der Waals surface area (Å²) in [6, 6.07) is 10.6. The van der Waals surface area contributed by atoms with Crippen LogP contribution < -0.4 is 0 Å². The van der Waals surface area contributed by atoms with Crippen molar-refractivity contribution in [3.63, 3.8) is 0 Å². The van der Waals surface area contributed by atoms with Crippen LogP contribution >= 0.6 is 0 Å². The Morgan fingerprint density at radius 2 is 1.70 bits per heavy atom. The summed E-state index contributed by atoms with van der Waals surface area (Å²) < 4.78 is 86.6. The minimum absolute atomic E-state index is 0.0431. The number of rotatable bonds is 7. The van der Waals surface area contributed by atoms with Crippen LogP contribution in [-0.4, -0.2) is 54.5 Å². The van der Waals surface area contributed by atoms with Crippen molar-refractivity contribution >= 4 is 19.6 Å². The Balaban J connectivity index is 1.61. The lowest BCUT2D eigenvalue weighted by Crippen LogP contribution is -2.36. The van der Waals surface area contributed by atoms with Crippen molar-refractivity contribution in [2.45, 2.75) is 44.0 Å². The quantitative estimate of drug-likeness (QED) is 0.122. The van der Waals surface area contributed by atoms with Crippen molar-refractivity contribution in [3.05, 3.63) is 93.6 Å². The highest BCUT2D eigenvalue weighted by atomic mass is 19.4. The van der Waals surface area contributed by atoms with Gasteiger partial charge in [0.2, 0.25) is 0 Å². The minimum Gasteiger partial charge on any atom is -0.469 e. The van der Waals surface area contributed by atoms with E-state index in [0.29, 0.717) is 12.1 Å². The van der Waals surface area contributed by atoms with E-state index in [2.05, 4.69) is 26.5 Å². The fourth-order valence-corrected chi connectivity index (χ4v) is 4.87. The molecule has 0 spiro atoms. The molecule has 1 fully saturated rings. The van der Waals surface area contributed by atoms with E-state index in [9.17, 15) is 35.9 Å². The van der Waals surface area contributed by atoms with Gasteiger partial charge >= 0.3 is 18.3 Å². The number of piperidine rings is 1. The van der Waals surface area contributed by atoms with Crippen LogP contribution in [0.1, 0.15) is 63.7 Å². The van der Waals surface area contributed by atoms with E-state index in [1.807, 2.05) is 29.1 Å². The van der Waals surface area contributed by atoms with Gasteiger partial charge in [-0.1, -0.05) is 36.3 Å². The highest BCUT2D eigenvalue weighted by Crippen LogP contribution is 2.34. The fourth-order valence-electron chi connectivity index (χ4n) is 4.87. The highest BCUT2D eigenvalue weighted by Gasteiger charge is 2.36. The van der Waals surface area contributed by atoms with Gasteiger partial charge in [0.15, 0.2) is 0 Å². The number of hydrogen-bond acceptors (Lipinski definition) is 6. The van der Waals surface area contributed by atoms with Crippen LogP contribution in [-0.2, 0) is 39.5 Å². The van der Waals surface area contributed by atoms with Gasteiger partial charge in [0.25, 0.3) is 7.41 Å². The van der Waals surface area contributed by atoms with E-state index < -0.39 is 47.1 Å². The van der Waals surface area contributed by atoms with E-state index in [-0.39, 0.29) is 17.8 Å². The Hall–Kier alpha value is -4.18. The predicted octanol–water partition coefficient (Wildman–Crippen LogP) is 5.21. The number of carbonyl (C=O) groups is 2. The molecule has 6 nitrogen and oxygen atoms in total. The van der Waals surface area contributed by atoms with Gasteiger partial charge in [0.1, 0.15) is 17.1 Å². The van der Waals surface area contributed by atoms with E-state index in [1.165, 1.54) is 13.5 Å². The Labute approximate surface area is 244 Å². The second kappa shape index (κ2) is 13.4. The number of benzene rings is 2. The maximum Gasteiger partial charge on any atom is 0.420 e. The average molecular weight is 600 g/mol. The van der Waals surface area contributed by atoms with Crippen molar-refractivity contribution in [2.24, 2.45) is 0 Å². The Bertz CT molecular complexity index is 1520. The molecule has 0 unspecified atom stereocenters. The van der Waals surface area contributed by atoms with Crippen LogP contribution in [0.5, 0.6) is 0 Å². The van der Waals surface area contributed by atoms with Crippen LogP contribution in [0.2, 0.25) is 0 Å². The zero-order valence-electron chi connectivity index (χ0n) is 22.9. The van der Waals surface area contributed by atoms with Crippen LogP contribution in [0.15, 0.2) is 48.7 Å². The Morgan fingerprint density at radius 3 is 2.30 bits per heavy atom. The molecule has 0 bridgehead atoms. The molecule has 0 atom stereocenters. The smallest absolute Gasteiger partial charge is 0.420 e. The Kier molecular flexibility index (Phi) is 9.91. The summed E-state index contributed by atoms with van der Waals surface area (Å²) in [5.74, 6) is 4.02. The van der Waals surface area contributed by atoms with Crippen molar-refractivity contribution < 1.29 is 40.7 Å². The maximum atomic E-state index is 13.8. The number of halogens is 6. The summed E-state index contributed by atoms with van der Waals surface area (Å²) in [5, 5.41) is 0. The first kappa shape index (κ1) is 31.8. The monoisotopic (exact) mass is 600 g/mol. The molecule has 1 aromatic heterocycles. The van der Waals surface area contributed by atoms with Gasteiger partial charge in [-0.05, 0) is 66.6 Å². The number of ether oxygens (including phenoxy) is 1. The van der Waals surface area contributed by atoms with Gasteiger partial charge in [-0.2, -0.15) is 26.3 Å². The number of aromatic nitrogens is 2. The molecular weight excluding hydrogens is 575 g/mol. The summed E-state index contributed by atoms with van der Waals surface area (Å²) in [5.41, 5.74) is -2.01. The average Bonchev–Trinajstić information content (AvgIpc) is 2.96. The molecule has 1 aliphatic heterocycles. The number of nitrogens with zero attached hydrogens (tertiary/aromatic N) is 3. The topological polar surface area (TPSA) is 72.4 Å². The summed E-state index contributed by atoms with van der Waals surface area (Å²) in [6.45, 7) is 1.53. The van der Waals surface area contributed by atoms with Crippen molar-refractivity contribution in [3.8, 4) is 11.8 Å². The zero-order valence-corrected chi connectivity index (χ0v) is 22.9. The third-order valence-corrected chi connectivity index (χ3v) is 7.10. The van der Waals surface area contributed by atoms with Gasteiger partial charge in [-0.15, -0.1) is 0 Å². The molecule has 13 heteroatoms. The summed E-state index contributed by atoms with van der Waals surface area (Å²) in [6.07, 6.45) is -7.26. The first-order chi connectivity index (χ1) is 20.4. The van der Waals surface area contributed by atoms with Crippen LogP contribution in [0.3, 0.4) is 0 Å². The highest BCUT2D eigenvalue weighted by molar-refractivity contribution is 6.64. The van der Waals surface area contributed by atoms with E-state index in [0.717, 1.165) is 62.5 Å². The van der Waals surface area contributed by atoms with Crippen LogP contribution in [0.25, 0.3) is 0 Å². The largest absolute Gasteiger partial charge is 0.469 e. The molecule has 0 saturated carbocycles. The molecule has 0 N–H and O–H groups in total. The molecule has 2 aromatic carbocycles. The summed E-state index contributed by atoms with van der Waals surface area (Å²) in [4.78, 5) is 32.3. The maximum absolute atomic E-state index is 13.8. The standard InChI is InChI=1S/C30H25BF6N3O3/c1-43-28(42)16-23-22(3-2-4-24(23)29(32,33)34)9-10-26-25(30(35,36)37)17-38-27(39-26)15-19-5-7-20(8-6-19)21-11-13-40(14-12-21)31-18-41/h2-8,17-18,21H,11-16H2,1H3. The molecule has 0 aliphatic carbocycles. The molecule has 1 radical (unpaired) electrons. The number of methoxy groups -OCH3 is 1. The van der Waals surface area contributed by atoms with Crippen LogP contribution in [0.4, 0.5) is 26.3 Å². The first-order valence-corrected chi connectivity index (χ1v) is 13.2. The normalized spacial score (nSPS) is 14.5. The van der Waals surface area contributed by atoms with Crippen molar-refractivity contribution in [2.75, 3.05) is 20.2 Å². The van der Waals surface area contributed by atoms with Gasteiger partial charge in [-0.3, -0.25) is 4.79 Å². The number of alkyl halides is 6. The molecular formula is C30H25BF6N3O3. The summed E-state index contributed by atoms with van der Waals surface area (Å²) in [7, 11) is 2.54. The molecule has 223 valence electrons. The molecule has 4 rings (SSSR count). The number of hydrogen-bond donors (Lipinski definition) is 0. The number of esters is 1. The van der Waals surface area contributed by atoms with E-state index in [1.54, 1.807) is 0 Å². The molecule has 1 aliphatic rings. The zero-order chi connectivity index (χ0) is 31.2. The lowest BCUT2D eigenvalue weighted by atomic mass is 9.84. The fraction of sp³-hybridized carbons (Fsp3) is 0.333. The SMILES string of the molecule is COC(=O)Cc1c(C#Cc2nc(Cc3ccc(C4CCN([B]C=O)CC4)cc3)ncc2C(F)(F)F)cccc1C(F)(F)F. The molecule has 1 saturated heterocycles. The molecule has 2 heterocycles. The minimum atomic E-state index is -4.87. The molecule has 43 heavy (non-hydrogen) atoms. The number of carbonyl (C=O) groups excluding carboxylic acids is 2. The Morgan fingerprint density at radius 1 is 1.02 bits per heavy atom. The van der Waals surface area contributed by atoms with Gasteiger partial charge in [0.05, 0.1) is 25.3 Å². The van der Waals surface area contributed by atoms with Gasteiger partial charge in [-0.25, -0.2) is 9.97 Å². The predicted molar refractivity (Wildman–Crippen MR) is 145 cm³/mol. The second-order valence-electron chi connectivity index (χ2n) is 9.89. The second-order valence-corrected chi connectivity index (χ2v) is 9.89. The van der Waals surface area contributed by atoms with Crippen LogP contribution in [0, 0.1) is 11.8 Å².